The number of methoxy groups -OCH3 is 2. The summed E-state index contributed by atoms with van der Waals surface area (Å²) in [5, 5.41) is 0. The Morgan fingerprint density at radius 3 is 0.986 bits per heavy atom. The second-order valence-electron chi connectivity index (χ2n) is 16.6. The number of rotatable bonds is 14. The van der Waals surface area contributed by atoms with Crippen molar-refractivity contribution in [2.45, 2.75) is 61.2 Å². The molecule has 8 rings (SSSR count). The average Bonchev–Trinajstić information content (AvgIpc) is 3.39. The van der Waals surface area contributed by atoms with Gasteiger partial charge in [0, 0.05) is 35.1 Å². The number of thioether (sulfide) groups is 2. The zero-order valence-corrected chi connectivity index (χ0v) is 41.2. The fourth-order valence-corrected chi connectivity index (χ4v) is 10.5. The monoisotopic (exact) mass is 980 g/mol. The molecule has 360 valence electrons. The van der Waals surface area contributed by atoms with Crippen LogP contribution in [0.15, 0.2) is 146 Å². The van der Waals surface area contributed by atoms with E-state index in [4.69, 9.17) is 28.4 Å². The number of ketones is 2. The van der Waals surface area contributed by atoms with E-state index in [1.165, 1.54) is 23.5 Å². The molecule has 6 aromatic rings. The molecule has 0 heterocycles. The Bertz CT molecular complexity index is 2680. The Kier molecular flexibility index (Phi) is 16.3. The van der Waals surface area contributed by atoms with Gasteiger partial charge in [0.15, 0.2) is 0 Å². The van der Waals surface area contributed by atoms with E-state index >= 15 is 0 Å². The largest absolute Gasteiger partial charge is 0.496 e. The molecule has 0 N–H and O–H groups in total. The van der Waals surface area contributed by atoms with Gasteiger partial charge in [-0.1, -0.05) is 72.8 Å². The molecule has 0 fully saturated rings. The molecule has 6 aromatic carbocycles. The maximum absolute atomic E-state index is 13.0. The minimum atomic E-state index is -0.823. The van der Waals surface area contributed by atoms with Crippen molar-refractivity contribution in [3.8, 4) is 23.0 Å². The van der Waals surface area contributed by atoms with Crippen molar-refractivity contribution >= 4 is 59.0 Å². The quantitative estimate of drug-likeness (QED) is 0.0750. The van der Waals surface area contributed by atoms with Gasteiger partial charge in [0.1, 0.15) is 46.8 Å². The Labute approximate surface area is 415 Å². The van der Waals surface area contributed by atoms with Gasteiger partial charge in [-0.05, 0) is 112 Å². The van der Waals surface area contributed by atoms with Crippen molar-refractivity contribution in [1.29, 1.82) is 0 Å². The van der Waals surface area contributed by atoms with Gasteiger partial charge in [-0.25, -0.2) is 19.2 Å². The number of carbonyl (C=O) groups is 6. The second kappa shape index (κ2) is 22.5. The average molecular weight is 981 g/mol. The van der Waals surface area contributed by atoms with Crippen LogP contribution < -0.4 is 18.9 Å². The first-order chi connectivity index (χ1) is 33.8. The number of hydrogen-bond acceptors (Lipinski definition) is 14. The third-order valence-electron chi connectivity index (χ3n) is 12.6. The summed E-state index contributed by atoms with van der Waals surface area (Å²) in [5.74, 6) is -0.513. The number of carbonyl (C=O) groups excluding carboxylic acids is 6. The summed E-state index contributed by atoms with van der Waals surface area (Å²) in [6.45, 7) is 3.09. The first-order valence-electron chi connectivity index (χ1n) is 22.3. The standard InChI is InChI=1S/2C28H26O6S/c2*1-18(29)28(35-3)16-21-22(32-2)14-15-23(33-26(30)19-10-6-4-7-11-19)25(21)24(17-28)34-27(31)20-12-8-5-9-13-20/h2*4-15,24H,16-17H2,1-3H3/t2*24-,28-/m00/s1. The van der Waals surface area contributed by atoms with E-state index in [1.54, 1.807) is 149 Å². The predicted octanol–water partition coefficient (Wildman–Crippen LogP) is 10.9. The van der Waals surface area contributed by atoms with E-state index < -0.39 is 45.6 Å². The third kappa shape index (κ3) is 11.0. The summed E-state index contributed by atoms with van der Waals surface area (Å²) in [6, 6.07) is 41.3. The van der Waals surface area contributed by atoms with Crippen molar-refractivity contribution < 1.29 is 57.2 Å². The summed E-state index contributed by atoms with van der Waals surface area (Å²) in [7, 11) is 3.08. The number of benzene rings is 6. The number of Topliss-reactive ketones (excluding diaryl/α,β-unsaturated/α-hetero) is 2. The second-order valence-corrected chi connectivity index (χ2v) is 19.0. The van der Waals surface area contributed by atoms with Crippen LogP contribution in [0.1, 0.15) is 103 Å². The van der Waals surface area contributed by atoms with E-state index in [-0.39, 0.29) is 35.9 Å². The van der Waals surface area contributed by atoms with E-state index in [0.29, 0.717) is 68.8 Å². The summed E-state index contributed by atoms with van der Waals surface area (Å²) < 4.78 is 33.2. The Morgan fingerprint density at radius 2 is 0.714 bits per heavy atom. The molecule has 12 nitrogen and oxygen atoms in total. The number of hydrogen-bond donors (Lipinski definition) is 0. The third-order valence-corrected chi connectivity index (χ3v) is 15.4. The molecule has 0 saturated heterocycles. The Morgan fingerprint density at radius 1 is 0.429 bits per heavy atom. The van der Waals surface area contributed by atoms with Crippen molar-refractivity contribution in [3.63, 3.8) is 0 Å². The van der Waals surface area contributed by atoms with Crippen LogP contribution in [0.5, 0.6) is 23.0 Å². The molecular weight excluding hydrogens is 929 g/mol. The minimum absolute atomic E-state index is 0.0230. The molecule has 0 amide bonds. The molecule has 4 atom stereocenters. The van der Waals surface area contributed by atoms with Crippen molar-refractivity contribution in [1.82, 2.24) is 0 Å². The van der Waals surface area contributed by atoms with Crippen molar-refractivity contribution in [3.05, 3.63) is 190 Å². The molecule has 14 heteroatoms. The first-order valence-corrected chi connectivity index (χ1v) is 24.8. The molecule has 0 saturated carbocycles. The van der Waals surface area contributed by atoms with Gasteiger partial charge in [0.2, 0.25) is 0 Å². The fourth-order valence-electron chi connectivity index (χ4n) is 8.74. The molecule has 2 aliphatic carbocycles. The molecule has 70 heavy (non-hydrogen) atoms. The van der Waals surface area contributed by atoms with Crippen LogP contribution in [-0.4, -0.2) is 71.7 Å². The smallest absolute Gasteiger partial charge is 0.343 e. The highest BCUT2D eigenvalue weighted by molar-refractivity contribution is 8.01. The SMILES string of the molecule is COc1ccc(OC(=O)c2ccccc2)c2c1C[C@@](SC)(C(C)=O)C[C@@H]2OC(=O)c1ccccc1.COc1ccc(OC(=O)c2ccccc2)c2c1C[C@@](SC)(C(C)=O)C[C@@H]2OC(=O)c1ccccc1. The maximum Gasteiger partial charge on any atom is 0.343 e. The van der Waals surface area contributed by atoms with Gasteiger partial charge in [-0.3, -0.25) is 9.59 Å². The van der Waals surface area contributed by atoms with Gasteiger partial charge < -0.3 is 28.4 Å². The van der Waals surface area contributed by atoms with Gasteiger partial charge >= 0.3 is 23.9 Å². The van der Waals surface area contributed by atoms with E-state index in [0.717, 1.165) is 0 Å². The van der Waals surface area contributed by atoms with Crippen molar-refractivity contribution in [2.75, 3.05) is 26.7 Å². The molecule has 0 aliphatic heterocycles. The lowest BCUT2D eigenvalue weighted by Crippen LogP contribution is -2.42. The van der Waals surface area contributed by atoms with E-state index in [1.807, 2.05) is 36.8 Å². The summed E-state index contributed by atoms with van der Waals surface area (Å²) >= 11 is 2.85. The molecule has 0 radical (unpaired) electrons. The highest BCUT2D eigenvalue weighted by atomic mass is 32.2. The highest BCUT2D eigenvalue weighted by Crippen LogP contribution is 2.52. The summed E-state index contributed by atoms with van der Waals surface area (Å²) in [4.78, 5) is 77.5. The molecule has 2 aliphatic rings. The van der Waals surface area contributed by atoms with Crippen LogP contribution in [0.4, 0.5) is 0 Å². The summed E-state index contributed by atoms with van der Waals surface area (Å²) in [5.41, 5.74) is 4.04. The molecule has 0 bridgehead atoms. The number of ether oxygens (including phenoxy) is 6. The van der Waals surface area contributed by atoms with Crippen molar-refractivity contribution in [2.24, 2.45) is 0 Å². The van der Waals surface area contributed by atoms with Gasteiger partial charge in [-0.15, -0.1) is 0 Å². The van der Waals surface area contributed by atoms with Gasteiger partial charge in [0.25, 0.3) is 0 Å². The zero-order valence-electron chi connectivity index (χ0n) is 39.6. The minimum Gasteiger partial charge on any atom is -0.496 e. The zero-order chi connectivity index (χ0) is 50.0. The highest BCUT2D eigenvalue weighted by Gasteiger charge is 2.48. The fraction of sp³-hybridized carbons (Fsp3) is 0.250. The topological polar surface area (TPSA) is 158 Å². The Hall–Kier alpha value is -7.16. The number of fused-ring (bicyclic) bond motifs is 2. The molecule has 0 spiro atoms. The maximum atomic E-state index is 13.0. The lowest BCUT2D eigenvalue weighted by molar-refractivity contribution is -0.121. The van der Waals surface area contributed by atoms with Crippen LogP contribution in [0.2, 0.25) is 0 Å². The molecule has 0 unspecified atom stereocenters. The van der Waals surface area contributed by atoms with Crippen LogP contribution in [-0.2, 0) is 31.9 Å². The summed E-state index contributed by atoms with van der Waals surface area (Å²) in [6.07, 6.45) is 3.31. The predicted molar refractivity (Wildman–Crippen MR) is 268 cm³/mol. The lowest BCUT2D eigenvalue weighted by Gasteiger charge is -2.39. The van der Waals surface area contributed by atoms with Crippen LogP contribution >= 0.6 is 23.5 Å². The number of esters is 4. The lowest BCUT2D eigenvalue weighted by atomic mass is 9.78. The van der Waals surface area contributed by atoms with Crippen LogP contribution in [0, 0.1) is 0 Å². The van der Waals surface area contributed by atoms with Crippen LogP contribution in [0.3, 0.4) is 0 Å². The molecule has 0 aromatic heterocycles. The van der Waals surface area contributed by atoms with Crippen LogP contribution in [0.25, 0.3) is 0 Å². The molecular formula is C56H52O12S2. The first kappa shape index (κ1) is 50.7. The normalized spacial score (nSPS) is 18.8. The van der Waals surface area contributed by atoms with Gasteiger partial charge in [-0.2, -0.15) is 23.5 Å². The van der Waals surface area contributed by atoms with E-state index in [2.05, 4.69) is 0 Å². The van der Waals surface area contributed by atoms with E-state index in [9.17, 15) is 28.8 Å². The van der Waals surface area contributed by atoms with Gasteiger partial charge in [0.05, 0.1) is 46.0 Å². The Balaban J connectivity index is 0.000000206.